The Kier molecular flexibility index (Phi) is 7.39. The molecular formula is C31H33NO5. The molecule has 192 valence electrons. The first kappa shape index (κ1) is 26.0. The van der Waals surface area contributed by atoms with E-state index in [0.717, 1.165) is 16.7 Å². The Morgan fingerprint density at radius 3 is 2.27 bits per heavy atom. The lowest BCUT2D eigenvalue weighted by molar-refractivity contribution is -0.132. The lowest BCUT2D eigenvalue weighted by Gasteiger charge is -2.27. The number of rotatable bonds is 7. The number of aliphatic hydroxyl groups is 1. The second-order valence-corrected chi connectivity index (χ2v) is 9.52. The summed E-state index contributed by atoms with van der Waals surface area (Å²) in [5.74, 6) is -0.0705. The van der Waals surface area contributed by atoms with E-state index in [1.165, 1.54) is 4.90 Å². The minimum Gasteiger partial charge on any atom is -0.507 e. The number of anilines is 1. The monoisotopic (exact) mass is 499 g/mol. The van der Waals surface area contributed by atoms with Gasteiger partial charge >= 0.3 is 0 Å². The smallest absolute Gasteiger partial charge is 0.300 e. The van der Waals surface area contributed by atoms with Gasteiger partial charge in [0.1, 0.15) is 17.3 Å². The highest BCUT2D eigenvalue weighted by atomic mass is 16.5. The van der Waals surface area contributed by atoms with Crippen molar-refractivity contribution in [1.29, 1.82) is 0 Å². The van der Waals surface area contributed by atoms with Gasteiger partial charge in [0, 0.05) is 11.3 Å². The van der Waals surface area contributed by atoms with Gasteiger partial charge in [-0.15, -0.1) is 0 Å². The van der Waals surface area contributed by atoms with Crippen LogP contribution >= 0.6 is 0 Å². The summed E-state index contributed by atoms with van der Waals surface area (Å²) in [7, 11) is 1.61. The highest BCUT2D eigenvalue weighted by molar-refractivity contribution is 6.51. The number of amides is 1. The Balaban J connectivity index is 1.97. The molecule has 1 fully saturated rings. The maximum Gasteiger partial charge on any atom is 0.300 e. The molecule has 1 atom stereocenters. The molecule has 0 saturated carbocycles. The second kappa shape index (κ2) is 10.5. The highest BCUT2D eigenvalue weighted by Gasteiger charge is 2.47. The van der Waals surface area contributed by atoms with Crippen molar-refractivity contribution < 1.29 is 24.2 Å². The maximum absolute atomic E-state index is 13.6. The van der Waals surface area contributed by atoms with Crippen molar-refractivity contribution in [3.8, 4) is 11.5 Å². The molecule has 1 N–H and O–H groups in total. The molecule has 1 amide bonds. The molecule has 3 aromatic carbocycles. The van der Waals surface area contributed by atoms with E-state index in [9.17, 15) is 14.7 Å². The Hall–Kier alpha value is -4.06. The second-order valence-electron chi connectivity index (χ2n) is 9.52. The van der Waals surface area contributed by atoms with Crippen molar-refractivity contribution in [1.82, 2.24) is 0 Å². The number of nitrogens with zero attached hydrogens (tertiary/aromatic N) is 1. The summed E-state index contributed by atoms with van der Waals surface area (Å²) in [5, 5.41) is 11.7. The summed E-state index contributed by atoms with van der Waals surface area (Å²) in [6, 6.07) is 17.6. The van der Waals surface area contributed by atoms with Crippen molar-refractivity contribution in [2.24, 2.45) is 0 Å². The van der Waals surface area contributed by atoms with Gasteiger partial charge in [-0.25, -0.2) is 0 Å². The van der Waals surface area contributed by atoms with E-state index in [-0.39, 0.29) is 17.3 Å². The van der Waals surface area contributed by atoms with E-state index < -0.39 is 17.7 Å². The molecule has 4 rings (SSSR count). The molecule has 1 aliphatic heterocycles. The Bertz CT molecular complexity index is 1370. The van der Waals surface area contributed by atoms with Crippen LogP contribution in [0.5, 0.6) is 11.5 Å². The molecule has 0 radical (unpaired) electrons. The van der Waals surface area contributed by atoms with Crippen molar-refractivity contribution in [3.05, 3.63) is 94.1 Å². The van der Waals surface area contributed by atoms with Crippen molar-refractivity contribution in [2.45, 2.75) is 46.6 Å². The zero-order valence-electron chi connectivity index (χ0n) is 22.2. The number of ketones is 1. The Labute approximate surface area is 218 Å². The average molecular weight is 500 g/mol. The number of methoxy groups -OCH3 is 1. The van der Waals surface area contributed by atoms with Gasteiger partial charge in [-0.1, -0.05) is 44.2 Å². The normalized spacial score (nSPS) is 16.9. The average Bonchev–Trinajstić information content (AvgIpc) is 3.14. The summed E-state index contributed by atoms with van der Waals surface area (Å²) >= 11 is 0. The number of benzene rings is 3. The molecule has 0 aliphatic carbocycles. The highest BCUT2D eigenvalue weighted by Crippen LogP contribution is 2.44. The number of carbonyl (C=O) groups is 2. The Morgan fingerprint density at radius 1 is 1.00 bits per heavy atom. The van der Waals surface area contributed by atoms with Crippen LogP contribution in [0.15, 0.2) is 66.2 Å². The van der Waals surface area contributed by atoms with Crippen LogP contribution in [0.1, 0.15) is 60.5 Å². The van der Waals surface area contributed by atoms with E-state index in [2.05, 4.69) is 0 Å². The molecule has 1 unspecified atom stereocenters. The van der Waals surface area contributed by atoms with Crippen molar-refractivity contribution in [3.63, 3.8) is 0 Å². The fourth-order valence-corrected chi connectivity index (χ4v) is 4.87. The molecule has 1 heterocycles. The summed E-state index contributed by atoms with van der Waals surface area (Å²) < 4.78 is 11.1. The van der Waals surface area contributed by atoms with Crippen LogP contribution in [-0.4, -0.2) is 30.5 Å². The fraction of sp³-hybridized carbons (Fsp3) is 0.290. The van der Waals surface area contributed by atoms with Gasteiger partial charge in [-0.3, -0.25) is 14.5 Å². The number of Topliss-reactive ketones (excluding diaryl/α,β-unsaturated/α-hetero) is 1. The molecule has 1 aliphatic rings. The third-order valence-electron chi connectivity index (χ3n) is 6.78. The first-order valence-electron chi connectivity index (χ1n) is 12.5. The van der Waals surface area contributed by atoms with E-state index >= 15 is 0 Å². The maximum atomic E-state index is 13.6. The number of aliphatic hydroxyl groups excluding tert-OH is 1. The van der Waals surface area contributed by atoms with Crippen molar-refractivity contribution in [2.75, 3.05) is 18.6 Å². The fourth-order valence-electron chi connectivity index (χ4n) is 4.87. The number of hydrogen-bond donors (Lipinski definition) is 1. The summed E-state index contributed by atoms with van der Waals surface area (Å²) in [5.41, 5.74) is 4.37. The first-order valence-corrected chi connectivity index (χ1v) is 12.5. The van der Waals surface area contributed by atoms with E-state index in [1.807, 2.05) is 95.3 Å². The number of para-hydroxylation sites is 1. The van der Waals surface area contributed by atoms with Crippen molar-refractivity contribution >= 4 is 23.1 Å². The van der Waals surface area contributed by atoms with E-state index in [0.29, 0.717) is 34.9 Å². The van der Waals surface area contributed by atoms with Crippen LogP contribution in [0.2, 0.25) is 0 Å². The number of aryl methyl sites for hydroxylation is 2. The van der Waals surface area contributed by atoms with Gasteiger partial charge in [0.25, 0.3) is 11.7 Å². The van der Waals surface area contributed by atoms with Crippen LogP contribution in [0.25, 0.3) is 5.76 Å². The molecule has 0 spiro atoms. The predicted molar refractivity (Wildman–Crippen MR) is 145 cm³/mol. The van der Waals surface area contributed by atoms with Gasteiger partial charge in [-0.2, -0.15) is 0 Å². The standard InChI is InChI=1S/C31H33NO5/c1-7-37-22-14-12-21(13-15-22)28-27(30(34)31(35)32(28)25-11-9-8-10-19(25)4)29(33)24-17-23(18(2)3)26(36-6)16-20(24)5/h8-18,28,33H,7H2,1-6H3/b29-27+. The van der Waals surface area contributed by atoms with Crippen LogP contribution in [0, 0.1) is 13.8 Å². The minimum absolute atomic E-state index is 0.0559. The quantitative estimate of drug-likeness (QED) is 0.229. The molecule has 0 aromatic heterocycles. The number of carbonyl (C=O) groups excluding carboxylic acids is 2. The first-order chi connectivity index (χ1) is 17.7. The molecule has 37 heavy (non-hydrogen) atoms. The summed E-state index contributed by atoms with van der Waals surface area (Å²) in [6.45, 7) is 10.2. The van der Waals surface area contributed by atoms with Gasteiger partial charge in [0.05, 0.1) is 25.3 Å². The summed E-state index contributed by atoms with van der Waals surface area (Å²) in [4.78, 5) is 28.6. The number of ether oxygens (including phenoxy) is 2. The SMILES string of the molecule is CCOc1ccc(C2/C(=C(\O)c3cc(C(C)C)c(OC)cc3C)C(=O)C(=O)N2c2ccccc2C)cc1. The molecule has 6 nitrogen and oxygen atoms in total. The minimum atomic E-state index is -0.805. The van der Waals surface area contributed by atoms with Gasteiger partial charge < -0.3 is 14.6 Å². The predicted octanol–water partition coefficient (Wildman–Crippen LogP) is 6.46. The molecule has 6 heteroatoms. The molecule has 1 saturated heterocycles. The van der Waals surface area contributed by atoms with Gasteiger partial charge in [0.2, 0.25) is 0 Å². The molecular weight excluding hydrogens is 466 g/mol. The zero-order chi connectivity index (χ0) is 26.9. The summed E-state index contributed by atoms with van der Waals surface area (Å²) in [6.07, 6.45) is 0. The Morgan fingerprint density at radius 2 is 1.68 bits per heavy atom. The third-order valence-corrected chi connectivity index (χ3v) is 6.78. The van der Waals surface area contributed by atoms with E-state index in [1.54, 1.807) is 7.11 Å². The van der Waals surface area contributed by atoms with Gasteiger partial charge in [-0.05, 0) is 79.3 Å². The number of hydrogen-bond acceptors (Lipinski definition) is 5. The van der Waals surface area contributed by atoms with Crippen LogP contribution in [-0.2, 0) is 9.59 Å². The molecule has 0 bridgehead atoms. The topological polar surface area (TPSA) is 76.1 Å². The van der Waals surface area contributed by atoms with E-state index in [4.69, 9.17) is 9.47 Å². The largest absolute Gasteiger partial charge is 0.507 e. The molecule has 3 aromatic rings. The lowest BCUT2D eigenvalue weighted by atomic mass is 9.91. The third kappa shape index (κ3) is 4.71. The van der Waals surface area contributed by atoms with Crippen LogP contribution in [0.4, 0.5) is 5.69 Å². The zero-order valence-corrected chi connectivity index (χ0v) is 22.2. The lowest BCUT2D eigenvalue weighted by Crippen LogP contribution is -2.30. The van der Waals surface area contributed by atoms with Crippen LogP contribution in [0.3, 0.4) is 0 Å². The van der Waals surface area contributed by atoms with Crippen LogP contribution < -0.4 is 14.4 Å². The van der Waals surface area contributed by atoms with Gasteiger partial charge in [0.15, 0.2) is 0 Å².